The van der Waals surface area contributed by atoms with Crippen molar-refractivity contribution in [2.75, 3.05) is 0 Å². The molecule has 1 unspecified atom stereocenters. The lowest BCUT2D eigenvalue weighted by Crippen LogP contribution is -2.33. The fraction of sp³-hybridized carbons (Fsp3) is 0.500. The minimum atomic E-state index is -0.358. The highest BCUT2D eigenvalue weighted by molar-refractivity contribution is 6.16. The van der Waals surface area contributed by atoms with E-state index >= 15 is 0 Å². The number of hydrogen-bond acceptors (Lipinski definition) is 3. The molecule has 1 fully saturated rings. The van der Waals surface area contributed by atoms with Gasteiger partial charge in [0.15, 0.2) is 5.65 Å². The minimum absolute atomic E-state index is 0.00136. The molecule has 0 radical (unpaired) electrons. The summed E-state index contributed by atoms with van der Waals surface area (Å²) in [6.07, 6.45) is 3.88. The molecule has 1 amide bonds. The van der Waals surface area contributed by atoms with Crippen LogP contribution in [0.1, 0.15) is 37.2 Å². The molecule has 2 heterocycles. The minimum Gasteiger partial charge on any atom is -0.352 e. The molecule has 0 bridgehead atoms. The summed E-state index contributed by atoms with van der Waals surface area (Å²) in [5, 5.41) is 3.01. The Morgan fingerprint density at radius 1 is 1.60 bits per heavy atom. The zero-order valence-electron chi connectivity index (χ0n) is 11.6. The molecular weight excluding hydrogens is 276 g/mol. The van der Waals surface area contributed by atoms with Crippen LogP contribution in [0.5, 0.6) is 0 Å². The molecule has 3 rings (SSSR count). The van der Waals surface area contributed by atoms with Crippen molar-refractivity contribution in [1.82, 2.24) is 19.9 Å². The van der Waals surface area contributed by atoms with Crippen LogP contribution in [0.3, 0.4) is 0 Å². The number of alkyl halides is 1. The van der Waals surface area contributed by atoms with Gasteiger partial charge in [0.25, 0.3) is 0 Å². The standard InChI is InChI=1S/C14H17ClN4O/c1-8-5-6-16-13-12(8)18-11(7-15)19(13)9(2)14(20)17-10-3-4-10/h5-6,9-10H,3-4,7H2,1-2H3,(H,17,20). The van der Waals surface area contributed by atoms with Gasteiger partial charge in [0.05, 0.1) is 5.88 Å². The third-order valence-corrected chi connectivity index (χ3v) is 3.90. The van der Waals surface area contributed by atoms with Crippen LogP contribution in [0.15, 0.2) is 12.3 Å². The van der Waals surface area contributed by atoms with Gasteiger partial charge in [0.1, 0.15) is 17.4 Å². The van der Waals surface area contributed by atoms with E-state index in [1.54, 1.807) is 6.20 Å². The molecule has 1 atom stereocenters. The van der Waals surface area contributed by atoms with Gasteiger partial charge >= 0.3 is 0 Å². The predicted molar refractivity (Wildman–Crippen MR) is 77.7 cm³/mol. The Morgan fingerprint density at radius 2 is 2.35 bits per heavy atom. The first-order valence-corrected chi connectivity index (χ1v) is 7.34. The Morgan fingerprint density at radius 3 is 3.00 bits per heavy atom. The fourth-order valence-corrected chi connectivity index (χ4v) is 2.51. The van der Waals surface area contributed by atoms with E-state index in [4.69, 9.17) is 11.6 Å². The normalized spacial score (nSPS) is 16.4. The summed E-state index contributed by atoms with van der Waals surface area (Å²) in [6, 6.07) is 1.89. The van der Waals surface area contributed by atoms with Crippen LogP contribution < -0.4 is 5.32 Å². The van der Waals surface area contributed by atoms with Gasteiger partial charge in [-0.05, 0) is 38.3 Å². The van der Waals surface area contributed by atoms with Gasteiger partial charge in [-0.15, -0.1) is 11.6 Å². The molecule has 6 heteroatoms. The Hall–Kier alpha value is -1.62. The van der Waals surface area contributed by atoms with E-state index in [9.17, 15) is 4.79 Å². The van der Waals surface area contributed by atoms with Gasteiger partial charge in [-0.2, -0.15) is 0 Å². The quantitative estimate of drug-likeness (QED) is 0.880. The average Bonchev–Trinajstić information content (AvgIpc) is 3.16. The van der Waals surface area contributed by atoms with E-state index in [1.807, 2.05) is 24.5 Å². The number of imidazole rings is 1. The van der Waals surface area contributed by atoms with E-state index in [0.29, 0.717) is 11.9 Å². The monoisotopic (exact) mass is 292 g/mol. The first-order valence-electron chi connectivity index (χ1n) is 6.80. The van der Waals surface area contributed by atoms with Gasteiger partial charge in [0.2, 0.25) is 5.91 Å². The van der Waals surface area contributed by atoms with E-state index in [0.717, 1.165) is 29.6 Å². The molecule has 0 saturated heterocycles. The van der Waals surface area contributed by atoms with Crippen LogP contribution in [0.4, 0.5) is 0 Å². The topological polar surface area (TPSA) is 59.8 Å². The van der Waals surface area contributed by atoms with Crippen molar-refractivity contribution < 1.29 is 4.79 Å². The van der Waals surface area contributed by atoms with Crippen LogP contribution in [-0.4, -0.2) is 26.5 Å². The molecule has 5 nitrogen and oxygen atoms in total. The van der Waals surface area contributed by atoms with Crippen molar-refractivity contribution in [2.45, 2.75) is 44.7 Å². The second kappa shape index (κ2) is 5.05. The van der Waals surface area contributed by atoms with E-state index in [2.05, 4.69) is 15.3 Å². The number of aryl methyl sites for hydroxylation is 1. The molecule has 1 aliphatic rings. The molecule has 1 saturated carbocycles. The maximum Gasteiger partial charge on any atom is 0.243 e. The molecule has 106 valence electrons. The third-order valence-electron chi connectivity index (χ3n) is 3.66. The fourth-order valence-electron chi connectivity index (χ4n) is 2.32. The van der Waals surface area contributed by atoms with Gasteiger partial charge < -0.3 is 5.32 Å². The number of hydrogen-bond donors (Lipinski definition) is 1. The number of aromatic nitrogens is 3. The summed E-state index contributed by atoms with van der Waals surface area (Å²) >= 11 is 5.98. The van der Waals surface area contributed by atoms with Gasteiger partial charge in [0, 0.05) is 12.2 Å². The van der Waals surface area contributed by atoms with E-state index in [1.165, 1.54) is 0 Å². The first kappa shape index (κ1) is 13.4. The Balaban J connectivity index is 2.04. The van der Waals surface area contributed by atoms with Crippen molar-refractivity contribution in [2.24, 2.45) is 0 Å². The molecule has 0 spiro atoms. The molecule has 0 aromatic carbocycles. The Kier molecular flexibility index (Phi) is 3.38. The molecule has 0 aliphatic heterocycles. The highest BCUT2D eigenvalue weighted by Crippen LogP contribution is 2.25. The summed E-state index contributed by atoms with van der Waals surface area (Å²) in [4.78, 5) is 21.1. The SMILES string of the molecule is Cc1ccnc2c1nc(CCl)n2C(C)C(=O)NC1CC1. The Labute approximate surface area is 122 Å². The molecule has 1 aliphatic carbocycles. The van der Waals surface area contributed by atoms with Gasteiger partial charge in [-0.25, -0.2) is 9.97 Å². The summed E-state index contributed by atoms with van der Waals surface area (Å²) in [6.45, 7) is 3.84. The second-order valence-corrected chi connectivity index (χ2v) is 5.56. The van der Waals surface area contributed by atoms with Crippen LogP contribution in [-0.2, 0) is 10.7 Å². The summed E-state index contributed by atoms with van der Waals surface area (Å²) in [5.41, 5.74) is 2.57. The maximum atomic E-state index is 12.3. The van der Waals surface area contributed by atoms with Gasteiger partial charge in [-0.3, -0.25) is 9.36 Å². The summed E-state index contributed by atoms with van der Waals surface area (Å²) < 4.78 is 1.84. The molecule has 1 N–H and O–H groups in total. The molecular formula is C14H17ClN4O. The van der Waals surface area contributed by atoms with Crippen molar-refractivity contribution in [3.63, 3.8) is 0 Å². The van der Waals surface area contributed by atoms with Crippen molar-refractivity contribution in [3.8, 4) is 0 Å². The van der Waals surface area contributed by atoms with E-state index < -0.39 is 0 Å². The molecule has 2 aromatic rings. The molecule has 2 aromatic heterocycles. The first-order chi connectivity index (χ1) is 9.61. The van der Waals surface area contributed by atoms with Crippen molar-refractivity contribution in [1.29, 1.82) is 0 Å². The van der Waals surface area contributed by atoms with Crippen LogP contribution >= 0.6 is 11.6 Å². The highest BCUT2D eigenvalue weighted by Gasteiger charge is 2.28. The summed E-state index contributed by atoms with van der Waals surface area (Å²) in [7, 11) is 0. The third kappa shape index (κ3) is 2.26. The zero-order chi connectivity index (χ0) is 14.3. The smallest absolute Gasteiger partial charge is 0.243 e. The van der Waals surface area contributed by atoms with Crippen LogP contribution in [0, 0.1) is 6.92 Å². The van der Waals surface area contributed by atoms with E-state index in [-0.39, 0.29) is 17.8 Å². The lowest BCUT2D eigenvalue weighted by Gasteiger charge is -2.16. The lowest BCUT2D eigenvalue weighted by molar-refractivity contribution is -0.124. The number of rotatable bonds is 4. The average molecular weight is 293 g/mol. The number of carbonyl (C=O) groups is 1. The highest BCUT2D eigenvalue weighted by atomic mass is 35.5. The van der Waals surface area contributed by atoms with Crippen molar-refractivity contribution in [3.05, 3.63) is 23.7 Å². The van der Waals surface area contributed by atoms with Gasteiger partial charge in [-0.1, -0.05) is 0 Å². The number of halogens is 1. The number of fused-ring (bicyclic) bond motifs is 1. The summed E-state index contributed by atoms with van der Waals surface area (Å²) in [5.74, 6) is 0.944. The maximum absolute atomic E-state index is 12.3. The number of nitrogens with one attached hydrogen (secondary N) is 1. The van der Waals surface area contributed by atoms with Crippen LogP contribution in [0.2, 0.25) is 0 Å². The number of amides is 1. The lowest BCUT2D eigenvalue weighted by atomic mass is 10.2. The number of pyridine rings is 1. The van der Waals surface area contributed by atoms with Crippen molar-refractivity contribution >= 4 is 28.7 Å². The number of nitrogens with zero attached hydrogens (tertiary/aromatic N) is 3. The zero-order valence-corrected chi connectivity index (χ0v) is 12.3. The second-order valence-electron chi connectivity index (χ2n) is 5.29. The van der Waals surface area contributed by atoms with Crippen LogP contribution in [0.25, 0.3) is 11.2 Å². The largest absolute Gasteiger partial charge is 0.352 e. The molecule has 20 heavy (non-hydrogen) atoms. The number of carbonyl (C=O) groups excluding carboxylic acids is 1. The predicted octanol–water partition coefficient (Wildman–Crippen LogP) is 2.32. The Bertz CT molecular complexity index is 662.